The second kappa shape index (κ2) is 9.75. The topological polar surface area (TPSA) is 4.93 Å². The van der Waals surface area contributed by atoms with Crippen LogP contribution in [-0.2, 0) is 5.41 Å². The Kier molecular flexibility index (Phi) is 5.36. The van der Waals surface area contributed by atoms with Crippen LogP contribution in [0.2, 0.25) is 0 Å². The number of aromatic nitrogens is 1. The first kappa shape index (κ1) is 28.0. The summed E-state index contributed by atoms with van der Waals surface area (Å²) in [5.74, 6) is 0. The van der Waals surface area contributed by atoms with Gasteiger partial charge in [0.2, 0.25) is 0 Å². The van der Waals surface area contributed by atoms with Crippen LogP contribution in [0, 0.1) is 0 Å². The van der Waals surface area contributed by atoms with Gasteiger partial charge in [0.1, 0.15) is 0 Å². The van der Waals surface area contributed by atoms with Crippen LogP contribution in [0.1, 0.15) is 48.9 Å². The Labute approximate surface area is 300 Å². The van der Waals surface area contributed by atoms with E-state index in [-0.39, 0.29) is 5.41 Å². The molecule has 7 aromatic carbocycles. The lowest BCUT2D eigenvalue weighted by Gasteiger charge is -2.22. The first-order chi connectivity index (χ1) is 25.0. The standard InChI is InChI=1S/C49H33NS/c1-49(2)41-16-7-5-12-33(41)34-21-20-30(26-42(34)49)50-43-17-8-6-13-35(43)38-24-28(18-22-44(38)50)29-19-23-45-40(25-29)48-37-15-9-14-36-31-10-3-4-11-32(31)39(47(36)37)27-46(48)51-45/h3,5-10,12-27H,4,11H2,1-2H3. The van der Waals surface area contributed by atoms with Crippen LogP contribution in [0.3, 0.4) is 0 Å². The second-order valence-electron chi connectivity index (χ2n) is 15.2. The summed E-state index contributed by atoms with van der Waals surface area (Å²) in [6.45, 7) is 4.73. The number of fused-ring (bicyclic) bond motifs is 12. The summed E-state index contributed by atoms with van der Waals surface area (Å²) in [4.78, 5) is 0. The molecule has 9 aromatic rings. The Bertz CT molecular complexity index is 3100. The molecule has 2 heterocycles. The van der Waals surface area contributed by atoms with Crippen molar-refractivity contribution in [2.45, 2.75) is 32.1 Å². The first-order valence-corrected chi connectivity index (χ1v) is 19.0. The van der Waals surface area contributed by atoms with E-state index in [2.05, 4.69) is 158 Å². The Balaban J connectivity index is 1.03. The number of allylic oxidation sites excluding steroid dienone is 4. The van der Waals surface area contributed by atoms with Crippen LogP contribution in [-0.4, -0.2) is 4.57 Å². The number of para-hydroxylation sites is 1. The van der Waals surface area contributed by atoms with E-state index in [1.54, 1.807) is 0 Å². The third kappa shape index (κ3) is 3.60. The summed E-state index contributed by atoms with van der Waals surface area (Å²) in [5, 5.41) is 8.18. The van der Waals surface area contributed by atoms with Gasteiger partial charge < -0.3 is 4.57 Å². The van der Waals surface area contributed by atoms with E-state index < -0.39 is 0 Å². The molecule has 0 fully saturated rings. The van der Waals surface area contributed by atoms with Gasteiger partial charge in [-0.15, -0.1) is 11.3 Å². The van der Waals surface area contributed by atoms with Gasteiger partial charge in [0, 0.05) is 42.0 Å². The molecule has 0 N–H and O–H groups in total. The summed E-state index contributed by atoms with van der Waals surface area (Å²) >= 11 is 1.94. The molecule has 3 aliphatic carbocycles. The zero-order chi connectivity index (χ0) is 33.6. The van der Waals surface area contributed by atoms with Gasteiger partial charge >= 0.3 is 0 Å². The normalized spacial score (nSPS) is 15.5. The summed E-state index contributed by atoms with van der Waals surface area (Å²) < 4.78 is 5.22. The molecule has 1 nitrogen and oxygen atoms in total. The molecule has 0 amide bonds. The fourth-order valence-corrected chi connectivity index (χ4v) is 11.0. The van der Waals surface area contributed by atoms with Crippen LogP contribution in [0.15, 0.2) is 140 Å². The molecule has 12 rings (SSSR count). The highest BCUT2D eigenvalue weighted by molar-refractivity contribution is 7.26. The summed E-state index contributed by atoms with van der Waals surface area (Å²) in [6.07, 6.45) is 6.96. The maximum Gasteiger partial charge on any atom is 0.0541 e. The molecule has 3 aliphatic rings. The van der Waals surface area contributed by atoms with E-state index in [0.29, 0.717) is 0 Å². The highest BCUT2D eigenvalue weighted by Crippen LogP contribution is 2.52. The van der Waals surface area contributed by atoms with Gasteiger partial charge in [-0.25, -0.2) is 0 Å². The molecule has 0 aliphatic heterocycles. The van der Waals surface area contributed by atoms with Crippen molar-refractivity contribution < 1.29 is 0 Å². The number of nitrogens with zero attached hydrogens (tertiary/aromatic N) is 1. The van der Waals surface area contributed by atoms with Gasteiger partial charge in [0.25, 0.3) is 0 Å². The molecular weight excluding hydrogens is 635 g/mol. The average molecular weight is 668 g/mol. The molecule has 0 atom stereocenters. The summed E-state index contributed by atoms with van der Waals surface area (Å²) in [6, 6.07) is 48.5. The minimum atomic E-state index is -0.0442. The van der Waals surface area contributed by atoms with Gasteiger partial charge in [-0.2, -0.15) is 0 Å². The molecule has 0 spiro atoms. The van der Waals surface area contributed by atoms with Crippen LogP contribution < -0.4 is 0 Å². The van der Waals surface area contributed by atoms with E-state index >= 15 is 0 Å². The number of thiophene rings is 1. The van der Waals surface area contributed by atoms with Crippen LogP contribution in [0.4, 0.5) is 0 Å². The lowest BCUT2D eigenvalue weighted by atomic mass is 9.82. The van der Waals surface area contributed by atoms with Crippen molar-refractivity contribution in [1.82, 2.24) is 4.57 Å². The third-order valence-electron chi connectivity index (χ3n) is 12.2. The SMILES string of the molecule is CC1(C)c2ccccc2-c2ccc(-n3c4ccccc4c4cc(-c5ccc6sc7cc8c9c(cccc9c7c6c5)C5=C8CCC=C5)ccc43)cc21. The molecule has 0 bridgehead atoms. The van der Waals surface area contributed by atoms with E-state index in [1.807, 2.05) is 11.3 Å². The second-order valence-corrected chi connectivity index (χ2v) is 16.2. The van der Waals surface area contributed by atoms with Gasteiger partial charge in [0.05, 0.1) is 11.0 Å². The van der Waals surface area contributed by atoms with Crippen molar-refractivity contribution in [2.24, 2.45) is 0 Å². The van der Waals surface area contributed by atoms with E-state index in [4.69, 9.17) is 0 Å². The zero-order valence-corrected chi connectivity index (χ0v) is 29.4. The predicted octanol–water partition coefficient (Wildman–Crippen LogP) is 13.9. The van der Waals surface area contributed by atoms with Crippen LogP contribution >= 0.6 is 11.3 Å². The molecule has 0 radical (unpaired) electrons. The molecule has 2 aromatic heterocycles. The molecular formula is C49H33NS. The Hall–Kier alpha value is -5.70. The lowest BCUT2D eigenvalue weighted by molar-refractivity contribution is 0.660. The van der Waals surface area contributed by atoms with Crippen molar-refractivity contribution in [2.75, 3.05) is 0 Å². The summed E-state index contributed by atoms with van der Waals surface area (Å²) in [5.41, 5.74) is 17.5. The van der Waals surface area contributed by atoms with E-state index in [1.165, 1.54) is 114 Å². The van der Waals surface area contributed by atoms with Crippen molar-refractivity contribution in [1.29, 1.82) is 0 Å². The van der Waals surface area contributed by atoms with Gasteiger partial charge in [-0.05, 0) is 128 Å². The van der Waals surface area contributed by atoms with E-state index in [9.17, 15) is 0 Å². The Morgan fingerprint density at radius 2 is 1.31 bits per heavy atom. The largest absolute Gasteiger partial charge is 0.309 e. The molecule has 0 saturated carbocycles. The van der Waals surface area contributed by atoms with Gasteiger partial charge in [-0.3, -0.25) is 0 Å². The lowest BCUT2D eigenvalue weighted by Crippen LogP contribution is -2.15. The van der Waals surface area contributed by atoms with Gasteiger partial charge in [0.15, 0.2) is 0 Å². The van der Waals surface area contributed by atoms with Crippen LogP contribution in [0.25, 0.3) is 91.8 Å². The van der Waals surface area contributed by atoms with Crippen LogP contribution in [0.5, 0.6) is 0 Å². The van der Waals surface area contributed by atoms with Crippen molar-refractivity contribution in [3.8, 4) is 27.9 Å². The maximum absolute atomic E-state index is 2.49. The third-order valence-corrected chi connectivity index (χ3v) is 13.3. The molecule has 0 unspecified atom stereocenters. The van der Waals surface area contributed by atoms with Crippen molar-refractivity contribution >= 4 is 75.2 Å². The highest BCUT2D eigenvalue weighted by atomic mass is 32.1. The first-order valence-electron chi connectivity index (χ1n) is 18.2. The van der Waals surface area contributed by atoms with Crippen molar-refractivity contribution in [3.63, 3.8) is 0 Å². The maximum atomic E-state index is 2.49. The number of hydrogen-bond donors (Lipinski definition) is 0. The highest BCUT2D eigenvalue weighted by Gasteiger charge is 2.35. The number of benzene rings is 7. The van der Waals surface area contributed by atoms with Crippen molar-refractivity contribution in [3.05, 3.63) is 162 Å². The number of hydrogen-bond acceptors (Lipinski definition) is 1. The van der Waals surface area contributed by atoms with Gasteiger partial charge in [-0.1, -0.05) is 105 Å². The Morgan fingerprint density at radius 1 is 0.549 bits per heavy atom. The fraction of sp³-hybridized carbons (Fsp3) is 0.102. The quantitative estimate of drug-likeness (QED) is 0.173. The smallest absolute Gasteiger partial charge is 0.0541 e. The molecule has 51 heavy (non-hydrogen) atoms. The summed E-state index contributed by atoms with van der Waals surface area (Å²) in [7, 11) is 0. The molecule has 240 valence electrons. The minimum Gasteiger partial charge on any atom is -0.309 e. The molecule has 2 heteroatoms. The predicted molar refractivity (Wildman–Crippen MR) is 219 cm³/mol. The zero-order valence-electron chi connectivity index (χ0n) is 28.5. The Morgan fingerprint density at radius 3 is 2.25 bits per heavy atom. The minimum absolute atomic E-state index is 0.0442. The average Bonchev–Trinajstić information content (AvgIpc) is 3.88. The van der Waals surface area contributed by atoms with E-state index in [0.717, 1.165) is 12.8 Å². The number of rotatable bonds is 2. The molecule has 0 saturated heterocycles. The monoisotopic (exact) mass is 667 g/mol. The fourth-order valence-electron chi connectivity index (χ4n) is 9.85.